The van der Waals surface area contributed by atoms with Crippen molar-refractivity contribution >= 4 is 35.0 Å². The van der Waals surface area contributed by atoms with Crippen molar-refractivity contribution < 1.29 is 4.79 Å². The van der Waals surface area contributed by atoms with Gasteiger partial charge in [-0.2, -0.15) is 0 Å². The summed E-state index contributed by atoms with van der Waals surface area (Å²) in [6, 6.07) is 3.93. The van der Waals surface area contributed by atoms with E-state index >= 15 is 0 Å². The first-order chi connectivity index (χ1) is 11.1. The van der Waals surface area contributed by atoms with Crippen LogP contribution in [0.15, 0.2) is 23.6 Å². The van der Waals surface area contributed by atoms with Gasteiger partial charge in [-0.3, -0.25) is 4.79 Å². The Kier molecular flexibility index (Phi) is 4.71. The molecule has 1 aliphatic heterocycles. The normalized spacial score (nSPS) is 14.6. The van der Waals surface area contributed by atoms with Crippen LogP contribution in [0.1, 0.15) is 29.1 Å². The molecule has 0 unspecified atom stereocenters. The molecule has 6 heteroatoms. The molecule has 5 nitrogen and oxygen atoms in total. The van der Waals surface area contributed by atoms with E-state index in [0.717, 1.165) is 35.3 Å². The van der Waals surface area contributed by atoms with Gasteiger partial charge >= 0.3 is 0 Å². The first-order valence-electron chi connectivity index (χ1n) is 7.76. The van der Waals surface area contributed by atoms with E-state index in [9.17, 15) is 4.79 Å². The molecule has 0 aromatic carbocycles. The SMILES string of the molecule is Cc1nc(N2CCCC2)nc(C)c1NC(=O)/C=C/c1cccs1. The number of hydrogen-bond donors (Lipinski definition) is 1. The molecule has 3 heterocycles. The number of aryl methyl sites for hydroxylation is 2. The van der Waals surface area contributed by atoms with Crippen molar-refractivity contribution in [3.8, 4) is 0 Å². The van der Waals surface area contributed by atoms with Gasteiger partial charge in [0, 0.05) is 24.0 Å². The van der Waals surface area contributed by atoms with E-state index < -0.39 is 0 Å². The van der Waals surface area contributed by atoms with E-state index in [0.29, 0.717) is 5.69 Å². The van der Waals surface area contributed by atoms with Gasteiger partial charge in [-0.15, -0.1) is 11.3 Å². The number of rotatable bonds is 4. The molecule has 0 spiro atoms. The van der Waals surface area contributed by atoms with E-state index in [4.69, 9.17) is 0 Å². The molecule has 0 radical (unpaired) electrons. The molecule has 23 heavy (non-hydrogen) atoms. The first-order valence-corrected chi connectivity index (χ1v) is 8.64. The van der Waals surface area contributed by atoms with Gasteiger partial charge in [0.1, 0.15) is 0 Å². The van der Waals surface area contributed by atoms with Crippen LogP contribution in [0.25, 0.3) is 6.08 Å². The summed E-state index contributed by atoms with van der Waals surface area (Å²) >= 11 is 1.60. The lowest BCUT2D eigenvalue weighted by atomic mass is 10.2. The zero-order valence-corrected chi connectivity index (χ0v) is 14.2. The van der Waals surface area contributed by atoms with Crippen LogP contribution in [0, 0.1) is 13.8 Å². The van der Waals surface area contributed by atoms with Crippen molar-refractivity contribution in [3.05, 3.63) is 39.9 Å². The highest BCUT2D eigenvalue weighted by atomic mass is 32.1. The quantitative estimate of drug-likeness (QED) is 0.874. The van der Waals surface area contributed by atoms with E-state index in [2.05, 4.69) is 20.2 Å². The lowest BCUT2D eigenvalue weighted by Gasteiger charge is -2.18. The Bertz CT molecular complexity index is 695. The summed E-state index contributed by atoms with van der Waals surface area (Å²) in [6.07, 6.45) is 5.73. The van der Waals surface area contributed by atoms with Crippen molar-refractivity contribution in [2.45, 2.75) is 26.7 Å². The van der Waals surface area contributed by atoms with Crippen LogP contribution in [0.3, 0.4) is 0 Å². The van der Waals surface area contributed by atoms with Gasteiger partial charge in [-0.05, 0) is 44.2 Å². The summed E-state index contributed by atoms with van der Waals surface area (Å²) in [5.41, 5.74) is 2.31. The Morgan fingerprint density at radius 1 is 1.26 bits per heavy atom. The van der Waals surface area contributed by atoms with E-state index in [1.807, 2.05) is 37.4 Å². The number of carbonyl (C=O) groups excluding carboxylic acids is 1. The number of anilines is 2. The van der Waals surface area contributed by atoms with E-state index in [-0.39, 0.29) is 5.91 Å². The average molecular weight is 328 g/mol. The number of nitrogens with zero attached hydrogens (tertiary/aromatic N) is 3. The second kappa shape index (κ2) is 6.91. The van der Waals surface area contributed by atoms with Gasteiger partial charge in [0.15, 0.2) is 0 Å². The molecule has 2 aromatic rings. The smallest absolute Gasteiger partial charge is 0.248 e. The minimum atomic E-state index is -0.165. The summed E-state index contributed by atoms with van der Waals surface area (Å²) in [5, 5.41) is 4.88. The van der Waals surface area contributed by atoms with Crippen molar-refractivity contribution in [1.29, 1.82) is 0 Å². The Morgan fingerprint density at radius 3 is 2.57 bits per heavy atom. The zero-order chi connectivity index (χ0) is 16.2. The van der Waals surface area contributed by atoms with Gasteiger partial charge in [0.25, 0.3) is 0 Å². The molecule has 0 saturated carbocycles. The molecule has 1 aliphatic rings. The largest absolute Gasteiger partial charge is 0.341 e. The van der Waals surface area contributed by atoms with Gasteiger partial charge < -0.3 is 10.2 Å². The second-order valence-corrected chi connectivity index (χ2v) is 6.58. The maximum Gasteiger partial charge on any atom is 0.248 e. The van der Waals surface area contributed by atoms with Crippen molar-refractivity contribution in [2.75, 3.05) is 23.3 Å². The van der Waals surface area contributed by atoms with Crippen LogP contribution in [0.5, 0.6) is 0 Å². The third-order valence-corrected chi connectivity index (χ3v) is 4.68. The standard InChI is InChI=1S/C17H20N4OS/c1-12-16(20-15(22)8-7-14-6-5-11-23-14)13(2)19-17(18-12)21-9-3-4-10-21/h5-8,11H,3-4,9-10H2,1-2H3,(H,20,22)/b8-7+. The number of amides is 1. The van der Waals surface area contributed by atoms with Crippen molar-refractivity contribution in [2.24, 2.45) is 0 Å². The zero-order valence-electron chi connectivity index (χ0n) is 13.4. The Balaban J connectivity index is 1.73. The van der Waals surface area contributed by atoms with Gasteiger partial charge in [-0.1, -0.05) is 6.07 Å². The maximum atomic E-state index is 12.1. The van der Waals surface area contributed by atoms with Crippen LogP contribution in [-0.2, 0) is 4.79 Å². The second-order valence-electron chi connectivity index (χ2n) is 5.60. The Hall–Kier alpha value is -2.21. The molecule has 0 atom stereocenters. The lowest BCUT2D eigenvalue weighted by Crippen LogP contribution is -2.22. The highest BCUT2D eigenvalue weighted by Gasteiger charge is 2.18. The fourth-order valence-corrected chi connectivity index (χ4v) is 3.26. The molecule has 120 valence electrons. The van der Waals surface area contributed by atoms with Crippen molar-refractivity contribution in [3.63, 3.8) is 0 Å². The number of aromatic nitrogens is 2. The van der Waals surface area contributed by atoms with Gasteiger partial charge in [-0.25, -0.2) is 9.97 Å². The lowest BCUT2D eigenvalue weighted by molar-refractivity contribution is -0.111. The topological polar surface area (TPSA) is 58.1 Å². The van der Waals surface area contributed by atoms with Crippen LogP contribution >= 0.6 is 11.3 Å². The number of nitrogens with one attached hydrogen (secondary N) is 1. The molecule has 1 N–H and O–H groups in total. The van der Waals surface area contributed by atoms with Gasteiger partial charge in [0.05, 0.1) is 17.1 Å². The molecule has 0 aliphatic carbocycles. The summed E-state index contributed by atoms with van der Waals surface area (Å²) in [5.74, 6) is 0.603. The van der Waals surface area contributed by atoms with E-state index in [1.165, 1.54) is 12.8 Å². The van der Waals surface area contributed by atoms with Crippen LogP contribution in [0.4, 0.5) is 11.6 Å². The molecule has 0 bridgehead atoms. The average Bonchev–Trinajstić information content (AvgIpc) is 3.21. The molecular formula is C17H20N4OS. The molecular weight excluding hydrogens is 308 g/mol. The number of hydrogen-bond acceptors (Lipinski definition) is 5. The summed E-state index contributed by atoms with van der Waals surface area (Å²) < 4.78 is 0. The summed E-state index contributed by atoms with van der Waals surface area (Å²) in [6.45, 7) is 5.84. The third kappa shape index (κ3) is 3.76. The highest BCUT2D eigenvalue weighted by molar-refractivity contribution is 7.10. The fraction of sp³-hybridized carbons (Fsp3) is 0.353. The van der Waals surface area contributed by atoms with Crippen molar-refractivity contribution in [1.82, 2.24) is 9.97 Å². The number of thiophene rings is 1. The van der Waals surface area contributed by atoms with Crippen LogP contribution in [-0.4, -0.2) is 29.0 Å². The third-order valence-electron chi connectivity index (χ3n) is 3.84. The minimum Gasteiger partial charge on any atom is -0.341 e. The predicted molar refractivity (Wildman–Crippen MR) is 94.9 cm³/mol. The minimum absolute atomic E-state index is 0.165. The molecule has 1 amide bonds. The summed E-state index contributed by atoms with van der Waals surface area (Å²) in [7, 11) is 0. The van der Waals surface area contributed by atoms with Crippen LogP contribution in [0.2, 0.25) is 0 Å². The maximum absolute atomic E-state index is 12.1. The summed E-state index contributed by atoms with van der Waals surface area (Å²) in [4.78, 5) is 24.5. The molecule has 3 rings (SSSR count). The predicted octanol–water partition coefficient (Wildman–Crippen LogP) is 3.41. The van der Waals surface area contributed by atoms with E-state index in [1.54, 1.807) is 17.4 Å². The Labute approximate surface area is 140 Å². The molecule has 2 aromatic heterocycles. The number of carbonyl (C=O) groups is 1. The first kappa shape index (κ1) is 15.7. The molecule has 1 saturated heterocycles. The monoisotopic (exact) mass is 328 g/mol. The van der Waals surface area contributed by atoms with Gasteiger partial charge in [0.2, 0.25) is 11.9 Å². The highest BCUT2D eigenvalue weighted by Crippen LogP contribution is 2.23. The Morgan fingerprint density at radius 2 is 1.96 bits per heavy atom. The fourth-order valence-electron chi connectivity index (χ4n) is 2.65. The van der Waals surface area contributed by atoms with Crippen LogP contribution < -0.4 is 10.2 Å². The molecule has 1 fully saturated rings.